The second kappa shape index (κ2) is 5.84. The third-order valence-corrected chi connectivity index (χ3v) is 5.07. The maximum Gasteiger partial charge on any atom is 0.244 e. The Labute approximate surface area is 128 Å². The molecule has 2 aliphatic rings. The van der Waals surface area contributed by atoms with Crippen LogP contribution in [0, 0.1) is 5.92 Å². The van der Waals surface area contributed by atoms with Gasteiger partial charge in [-0.1, -0.05) is 18.0 Å². The van der Waals surface area contributed by atoms with Crippen LogP contribution in [0.2, 0.25) is 0 Å². The lowest BCUT2D eigenvalue weighted by Gasteiger charge is -2.24. The quantitative estimate of drug-likeness (QED) is 0.916. The lowest BCUT2D eigenvalue weighted by atomic mass is 9.85. The first kappa shape index (κ1) is 14.0. The number of rotatable bonds is 2. The van der Waals surface area contributed by atoms with Crippen molar-refractivity contribution in [3.05, 3.63) is 22.7 Å². The van der Waals surface area contributed by atoms with Crippen molar-refractivity contribution in [2.45, 2.75) is 44.2 Å². The predicted molar refractivity (Wildman–Crippen MR) is 81.1 cm³/mol. The molecule has 108 valence electrons. The Hall–Kier alpha value is -0.910. The first-order chi connectivity index (χ1) is 9.40. The molecule has 20 heavy (non-hydrogen) atoms. The van der Waals surface area contributed by atoms with E-state index in [1.54, 1.807) is 11.3 Å². The molecule has 3 atom stereocenters. The molecule has 1 aliphatic carbocycles. The highest BCUT2D eigenvalue weighted by molar-refractivity contribution is 7.08. The van der Waals surface area contributed by atoms with Gasteiger partial charge in [0.1, 0.15) is 0 Å². The summed E-state index contributed by atoms with van der Waals surface area (Å²) in [5, 5.41) is 11.9. The van der Waals surface area contributed by atoms with Crippen LogP contribution in [0.25, 0.3) is 11.4 Å². The average molecular weight is 312 g/mol. The lowest BCUT2D eigenvalue weighted by molar-refractivity contribution is 0.324. The Morgan fingerprint density at radius 3 is 3.00 bits per heavy atom. The van der Waals surface area contributed by atoms with E-state index in [2.05, 4.69) is 20.8 Å². The van der Waals surface area contributed by atoms with E-state index in [-0.39, 0.29) is 18.4 Å². The third kappa shape index (κ3) is 2.50. The number of hydrogen-bond acceptors (Lipinski definition) is 5. The van der Waals surface area contributed by atoms with E-state index in [4.69, 9.17) is 4.52 Å². The van der Waals surface area contributed by atoms with Crippen LogP contribution in [0.1, 0.15) is 44.0 Å². The van der Waals surface area contributed by atoms with Crippen LogP contribution < -0.4 is 5.32 Å². The zero-order valence-corrected chi connectivity index (χ0v) is 12.8. The molecule has 1 N–H and O–H groups in total. The van der Waals surface area contributed by atoms with E-state index in [0.717, 1.165) is 23.8 Å². The monoisotopic (exact) mass is 311 g/mol. The number of hydrogen-bond donors (Lipinski definition) is 1. The summed E-state index contributed by atoms with van der Waals surface area (Å²) in [6.07, 6.45) is 6.52. The number of thiophene rings is 1. The van der Waals surface area contributed by atoms with Gasteiger partial charge in [0, 0.05) is 17.0 Å². The Morgan fingerprint density at radius 2 is 2.20 bits per heavy atom. The maximum absolute atomic E-state index is 5.46. The van der Waals surface area contributed by atoms with Crippen molar-refractivity contribution >= 4 is 23.7 Å². The highest BCUT2D eigenvalue weighted by atomic mass is 35.5. The van der Waals surface area contributed by atoms with Crippen molar-refractivity contribution in [3.63, 3.8) is 0 Å². The molecule has 1 saturated carbocycles. The van der Waals surface area contributed by atoms with Gasteiger partial charge < -0.3 is 9.84 Å². The van der Waals surface area contributed by atoms with E-state index >= 15 is 0 Å². The van der Waals surface area contributed by atoms with Crippen LogP contribution in [0.5, 0.6) is 0 Å². The molecule has 2 fully saturated rings. The molecule has 0 radical (unpaired) electrons. The van der Waals surface area contributed by atoms with E-state index in [0.29, 0.717) is 11.9 Å². The fraction of sp³-hybridized carbons (Fsp3) is 0.571. The van der Waals surface area contributed by atoms with Gasteiger partial charge in [-0.2, -0.15) is 16.3 Å². The zero-order valence-electron chi connectivity index (χ0n) is 11.1. The molecule has 2 aromatic heterocycles. The smallest absolute Gasteiger partial charge is 0.244 e. The second-order valence-corrected chi connectivity index (χ2v) is 6.35. The van der Waals surface area contributed by atoms with Crippen LogP contribution in [0.4, 0.5) is 0 Å². The molecule has 0 aromatic carbocycles. The summed E-state index contributed by atoms with van der Waals surface area (Å²) in [5.74, 6) is 2.28. The molecule has 0 amide bonds. The summed E-state index contributed by atoms with van der Waals surface area (Å²) in [6, 6.07) is 2.95. The molecule has 6 heteroatoms. The Kier molecular flexibility index (Phi) is 4.10. The standard InChI is InChI=1S/C14H17N3OS.ClH/c1-2-4-11-9(3-1)7-12(15-11)14-16-13(17-18-14)10-5-6-19-8-10;/h5-6,8-9,11-12,15H,1-4,7H2;1H. The molecule has 4 nitrogen and oxygen atoms in total. The van der Waals surface area contributed by atoms with E-state index in [9.17, 15) is 0 Å². The van der Waals surface area contributed by atoms with Crippen molar-refractivity contribution in [1.82, 2.24) is 15.5 Å². The second-order valence-electron chi connectivity index (χ2n) is 5.57. The summed E-state index contributed by atoms with van der Waals surface area (Å²) in [6.45, 7) is 0. The molecule has 3 heterocycles. The number of nitrogens with zero attached hydrogens (tertiary/aromatic N) is 2. The van der Waals surface area contributed by atoms with Crippen LogP contribution in [-0.2, 0) is 0 Å². The van der Waals surface area contributed by atoms with Crippen LogP contribution >= 0.6 is 23.7 Å². The Balaban J connectivity index is 0.00000121. The highest BCUT2D eigenvalue weighted by Gasteiger charge is 2.38. The number of fused-ring (bicyclic) bond motifs is 1. The van der Waals surface area contributed by atoms with E-state index in [1.807, 2.05) is 11.4 Å². The molecule has 0 spiro atoms. The largest absolute Gasteiger partial charge is 0.337 e. The van der Waals surface area contributed by atoms with Crippen molar-refractivity contribution in [1.29, 1.82) is 0 Å². The molecule has 4 rings (SSSR count). The maximum atomic E-state index is 5.46. The Bertz CT molecular complexity index is 543. The number of nitrogens with one attached hydrogen (secondary N) is 1. The summed E-state index contributed by atoms with van der Waals surface area (Å²) in [7, 11) is 0. The molecular formula is C14H18ClN3OS. The van der Waals surface area contributed by atoms with Crippen LogP contribution in [0.15, 0.2) is 21.3 Å². The SMILES string of the molecule is Cl.c1cc(-c2noc(C3CC4CCCCC4N3)n2)cs1. The van der Waals surface area contributed by atoms with Gasteiger partial charge in [0.15, 0.2) is 0 Å². The van der Waals surface area contributed by atoms with Crippen molar-refractivity contribution in [2.75, 3.05) is 0 Å². The highest BCUT2D eigenvalue weighted by Crippen LogP contribution is 2.38. The van der Waals surface area contributed by atoms with Gasteiger partial charge >= 0.3 is 0 Å². The normalized spacial score (nSPS) is 28.9. The molecule has 3 unspecified atom stereocenters. The third-order valence-electron chi connectivity index (χ3n) is 4.38. The number of aromatic nitrogens is 2. The minimum Gasteiger partial charge on any atom is -0.337 e. The fourth-order valence-electron chi connectivity index (χ4n) is 3.40. The predicted octanol–water partition coefficient (Wildman–Crippen LogP) is 3.81. The molecule has 1 aliphatic heterocycles. The minimum atomic E-state index is 0. The zero-order chi connectivity index (χ0) is 12.7. The summed E-state index contributed by atoms with van der Waals surface area (Å²) >= 11 is 1.65. The van der Waals surface area contributed by atoms with Gasteiger partial charge in [-0.25, -0.2) is 0 Å². The average Bonchev–Trinajstić information content (AvgIpc) is 3.17. The summed E-state index contributed by atoms with van der Waals surface area (Å²) in [5.41, 5.74) is 1.05. The van der Waals surface area contributed by atoms with Crippen molar-refractivity contribution < 1.29 is 4.52 Å². The summed E-state index contributed by atoms with van der Waals surface area (Å²) < 4.78 is 5.46. The van der Waals surface area contributed by atoms with Gasteiger partial charge in [0.2, 0.25) is 11.7 Å². The first-order valence-electron chi connectivity index (χ1n) is 7.02. The van der Waals surface area contributed by atoms with E-state index in [1.165, 1.54) is 25.7 Å². The number of halogens is 1. The van der Waals surface area contributed by atoms with Gasteiger partial charge in [0.05, 0.1) is 6.04 Å². The Morgan fingerprint density at radius 1 is 1.30 bits per heavy atom. The molecule has 2 aromatic rings. The van der Waals surface area contributed by atoms with Gasteiger partial charge in [-0.05, 0) is 36.6 Å². The fourth-order valence-corrected chi connectivity index (χ4v) is 4.03. The minimum absolute atomic E-state index is 0. The van der Waals surface area contributed by atoms with Crippen LogP contribution in [0.3, 0.4) is 0 Å². The van der Waals surface area contributed by atoms with Crippen molar-refractivity contribution in [2.24, 2.45) is 5.92 Å². The summed E-state index contributed by atoms with van der Waals surface area (Å²) in [4.78, 5) is 4.56. The van der Waals surface area contributed by atoms with Gasteiger partial charge in [0.25, 0.3) is 0 Å². The molecule has 1 saturated heterocycles. The topological polar surface area (TPSA) is 51.0 Å². The van der Waals surface area contributed by atoms with Gasteiger partial charge in [-0.3, -0.25) is 0 Å². The van der Waals surface area contributed by atoms with Crippen LogP contribution in [-0.4, -0.2) is 16.2 Å². The molecule has 0 bridgehead atoms. The van der Waals surface area contributed by atoms with Gasteiger partial charge in [-0.15, -0.1) is 12.4 Å². The van der Waals surface area contributed by atoms with E-state index < -0.39 is 0 Å². The lowest BCUT2D eigenvalue weighted by Crippen LogP contribution is -2.30. The first-order valence-corrected chi connectivity index (χ1v) is 7.96. The molecular weight excluding hydrogens is 294 g/mol. The van der Waals surface area contributed by atoms with Crippen molar-refractivity contribution in [3.8, 4) is 11.4 Å².